The molecule has 308 valence electrons. The van der Waals surface area contributed by atoms with Crippen molar-refractivity contribution < 1.29 is 66.8 Å². The summed E-state index contributed by atoms with van der Waals surface area (Å²) in [4.78, 5) is -2.47. The third-order valence-electron chi connectivity index (χ3n) is 8.20. The van der Waals surface area contributed by atoms with Gasteiger partial charge in [0, 0.05) is 33.9 Å². The van der Waals surface area contributed by atoms with Crippen molar-refractivity contribution in [1.82, 2.24) is 0 Å². The number of phenolic OH excluding ortho intramolecular Hbond substituents is 2. The summed E-state index contributed by atoms with van der Waals surface area (Å²) < 4.78 is 136. The molecule has 10 N–H and O–H groups in total. The molecule has 6 rings (SSSR count). The molecule has 1 unspecified atom stereocenters. The predicted molar refractivity (Wildman–Crippen MR) is 210 cm³/mol. The zero-order valence-electron chi connectivity index (χ0n) is 29.4. The Kier molecular flexibility index (Phi) is 11.2. The van der Waals surface area contributed by atoms with Crippen LogP contribution < -0.4 is 25.7 Å². The minimum absolute atomic E-state index is 0.0254. The van der Waals surface area contributed by atoms with Gasteiger partial charge in [-0.25, -0.2) is 4.21 Å². The van der Waals surface area contributed by atoms with E-state index in [0.29, 0.717) is 6.07 Å². The van der Waals surface area contributed by atoms with Crippen molar-refractivity contribution in [2.45, 2.75) is 14.7 Å². The fraction of sp³-hybridized carbons (Fsp3) is 0.0303. The molecule has 26 heteroatoms. The van der Waals surface area contributed by atoms with Gasteiger partial charge in [-0.1, -0.05) is 0 Å². The van der Waals surface area contributed by atoms with E-state index in [2.05, 4.69) is 25.8 Å². The van der Waals surface area contributed by atoms with Gasteiger partial charge < -0.3 is 40.5 Å². The number of benzene rings is 6. The van der Waals surface area contributed by atoms with Crippen molar-refractivity contribution >= 4 is 109 Å². The number of ether oxygens (including phenoxy) is 1. The summed E-state index contributed by atoms with van der Waals surface area (Å²) in [5.41, 5.74) is 9.24. The van der Waals surface area contributed by atoms with E-state index in [0.717, 1.165) is 31.4 Å². The van der Waals surface area contributed by atoms with E-state index in [-0.39, 0.29) is 50.0 Å². The van der Waals surface area contributed by atoms with Crippen LogP contribution in [0.5, 0.6) is 23.0 Å². The number of hydrogen-bond donors (Lipinski definition) is 8. The van der Waals surface area contributed by atoms with Crippen molar-refractivity contribution in [2.24, 2.45) is 20.5 Å². The van der Waals surface area contributed by atoms with Crippen molar-refractivity contribution in [2.75, 3.05) is 23.9 Å². The van der Waals surface area contributed by atoms with Crippen molar-refractivity contribution in [3.05, 3.63) is 78.9 Å². The number of nitrogens with two attached hydrogens (primary N) is 2. The number of methoxy groups -OCH3 is 1. The van der Waals surface area contributed by atoms with Gasteiger partial charge >= 0.3 is 0 Å². The van der Waals surface area contributed by atoms with Gasteiger partial charge in [-0.2, -0.15) is 25.3 Å². The minimum atomic E-state index is -5.22. The highest BCUT2D eigenvalue weighted by Crippen LogP contribution is 2.47. The van der Waals surface area contributed by atoms with E-state index in [4.69, 9.17) is 20.4 Å². The minimum Gasteiger partial charge on any atom is -0.740 e. The Morgan fingerprint density at radius 2 is 1.19 bits per heavy atom. The number of rotatable bonds is 12. The van der Waals surface area contributed by atoms with Crippen LogP contribution in [0.3, 0.4) is 0 Å². The topological polar surface area (TPSA) is 376 Å². The van der Waals surface area contributed by atoms with Gasteiger partial charge in [-0.3, -0.25) is 13.7 Å². The van der Waals surface area contributed by atoms with Gasteiger partial charge in [0.05, 0.1) is 12.8 Å². The molecule has 0 amide bonds. The number of fused-ring (bicyclic) bond motifs is 2. The summed E-state index contributed by atoms with van der Waals surface area (Å²) in [5, 5.41) is 40.5. The highest BCUT2D eigenvalue weighted by molar-refractivity contribution is 7.86. The number of aromatic hydroxyl groups is 2. The van der Waals surface area contributed by atoms with E-state index in [9.17, 15) is 57.9 Å². The Morgan fingerprint density at radius 1 is 0.627 bits per heavy atom. The van der Waals surface area contributed by atoms with E-state index in [1.807, 2.05) is 0 Å². The van der Waals surface area contributed by atoms with Crippen molar-refractivity contribution in [3.8, 4) is 23.0 Å². The first kappa shape index (κ1) is 42.1. The second-order valence-electron chi connectivity index (χ2n) is 12.0. The number of phenols is 2. The second kappa shape index (κ2) is 15.7. The molecule has 0 saturated heterocycles. The standard InChI is InChI=1S/C33H27N7O15S4/c1-54-25-13-24(28(58(48,49)50)14-23(25)37-40-31-29(59(51,52)53)11-15-8-17(34)2-5-20(15)33(31)42)38-39-30-26(55-56(43)44)10-16-9-18(3-6-21(16)32(30)41)36-19-4-7-22(35)27(12-19)57(45,46)47/h2-14,36,41-42H,34-35H2,1H3,(H,43,44)(H,45,46,47)(H,48,49,50)(H,51,52,53)/p-1. The van der Waals surface area contributed by atoms with Crippen molar-refractivity contribution in [3.63, 3.8) is 0 Å². The Hall–Kier alpha value is -6.52. The SMILES string of the molecule is COc1cc(N=Nc2c(OS(=O)[O-])cc3cc(Nc4ccc(N)c(S(=O)(=O)O)c4)ccc3c2O)c(S(=O)(=O)O)cc1N=Nc1c(S(=O)(=O)O)cc2cc(N)ccc2c1O. The molecule has 0 fully saturated rings. The maximum atomic E-state index is 12.6. The first-order valence-corrected chi connectivity index (χ1v) is 21.1. The lowest BCUT2D eigenvalue weighted by atomic mass is 10.1. The largest absolute Gasteiger partial charge is 0.740 e. The van der Waals surface area contributed by atoms with Gasteiger partial charge in [0.2, 0.25) is 0 Å². The van der Waals surface area contributed by atoms with Crippen LogP contribution in [0.4, 0.5) is 45.5 Å². The highest BCUT2D eigenvalue weighted by atomic mass is 32.2. The number of nitrogen functional groups attached to an aromatic ring is 2. The molecular weight excluding hydrogens is 863 g/mol. The van der Waals surface area contributed by atoms with Crippen LogP contribution >= 0.6 is 0 Å². The zero-order chi connectivity index (χ0) is 43.2. The van der Waals surface area contributed by atoms with Gasteiger partial charge in [-0.15, -0.1) is 20.5 Å². The van der Waals surface area contributed by atoms with Gasteiger partial charge in [0.15, 0.2) is 22.9 Å². The monoisotopic (exact) mass is 888 g/mol. The molecule has 0 aliphatic heterocycles. The van der Waals surface area contributed by atoms with E-state index < -0.39 is 96.4 Å². The molecule has 1 atom stereocenters. The van der Waals surface area contributed by atoms with E-state index >= 15 is 0 Å². The van der Waals surface area contributed by atoms with Crippen LogP contribution in [-0.4, -0.2) is 65.0 Å². The highest BCUT2D eigenvalue weighted by Gasteiger charge is 2.25. The Bertz CT molecular complexity index is 3160. The third kappa shape index (κ3) is 8.98. The first-order chi connectivity index (χ1) is 27.5. The average molecular weight is 889 g/mol. The fourth-order valence-electron chi connectivity index (χ4n) is 5.60. The zero-order valence-corrected chi connectivity index (χ0v) is 32.7. The molecule has 0 aliphatic rings. The normalized spacial score (nSPS) is 13.0. The second-order valence-corrected chi connectivity index (χ2v) is 16.8. The number of nitrogens with one attached hydrogen (secondary N) is 1. The summed E-state index contributed by atoms with van der Waals surface area (Å²) >= 11 is -3.27. The van der Waals surface area contributed by atoms with Crippen LogP contribution in [0, 0.1) is 0 Å². The molecule has 0 aromatic heterocycles. The molecule has 6 aromatic rings. The quantitative estimate of drug-likeness (QED) is 0.0299. The van der Waals surface area contributed by atoms with E-state index in [1.54, 1.807) is 0 Å². The molecular formula is C33H26N7O15S4-. The van der Waals surface area contributed by atoms with Gasteiger partial charge in [-0.05, 0) is 83.6 Å². The summed E-state index contributed by atoms with van der Waals surface area (Å²) in [6.07, 6.45) is 0. The third-order valence-corrected chi connectivity index (χ3v) is 11.2. The van der Waals surface area contributed by atoms with Crippen LogP contribution in [0.15, 0.2) is 114 Å². The number of nitrogens with zero attached hydrogens (tertiary/aromatic N) is 4. The lowest BCUT2D eigenvalue weighted by Gasteiger charge is -2.14. The number of hydrogen-bond acceptors (Lipinski definition) is 19. The van der Waals surface area contributed by atoms with Crippen LogP contribution in [-0.2, 0) is 41.7 Å². The molecule has 0 heterocycles. The van der Waals surface area contributed by atoms with Crippen LogP contribution in [0.25, 0.3) is 21.5 Å². The van der Waals surface area contributed by atoms with Crippen LogP contribution in [0.2, 0.25) is 0 Å². The molecule has 6 aromatic carbocycles. The smallest absolute Gasteiger partial charge is 0.296 e. The number of anilines is 4. The number of azo groups is 2. The first-order valence-electron chi connectivity index (χ1n) is 15.8. The van der Waals surface area contributed by atoms with Crippen molar-refractivity contribution in [1.29, 1.82) is 0 Å². The lowest BCUT2D eigenvalue weighted by Crippen LogP contribution is -2.04. The molecule has 0 saturated carbocycles. The van der Waals surface area contributed by atoms with E-state index in [1.165, 1.54) is 48.5 Å². The molecule has 0 radical (unpaired) electrons. The lowest BCUT2D eigenvalue weighted by molar-refractivity contribution is 0.415. The summed E-state index contributed by atoms with van der Waals surface area (Å²) in [5.74, 6) is -2.43. The maximum absolute atomic E-state index is 12.6. The molecule has 59 heavy (non-hydrogen) atoms. The van der Waals surface area contributed by atoms with Crippen LogP contribution in [0.1, 0.15) is 0 Å². The summed E-state index contributed by atoms with van der Waals surface area (Å²) in [6, 6.07) is 15.5. The summed E-state index contributed by atoms with van der Waals surface area (Å²) in [7, 11) is -13.9. The molecule has 0 bridgehead atoms. The Morgan fingerprint density at radius 3 is 1.81 bits per heavy atom. The predicted octanol–water partition coefficient (Wildman–Crippen LogP) is 6.06. The Labute approximate surface area is 335 Å². The Balaban J connectivity index is 1.43. The molecule has 22 nitrogen and oxygen atoms in total. The average Bonchev–Trinajstić information content (AvgIpc) is 3.13. The maximum Gasteiger partial charge on any atom is 0.296 e. The molecule has 0 aliphatic carbocycles. The van der Waals surface area contributed by atoms with Gasteiger partial charge in [0.25, 0.3) is 30.4 Å². The summed E-state index contributed by atoms with van der Waals surface area (Å²) in [6.45, 7) is 0. The fourth-order valence-corrected chi connectivity index (χ4v) is 7.80. The van der Waals surface area contributed by atoms with Gasteiger partial charge in [0.1, 0.15) is 48.9 Å². The molecule has 0 spiro atoms.